The topological polar surface area (TPSA) is 125 Å². The van der Waals surface area contributed by atoms with Crippen LogP contribution in [0.1, 0.15) is 17.2 Å². The van der Waals surface area contributed by atoms with Gasteiger partial charge in [0.1, 0.15) is 11.6 Å². The molecule has 0 saturated carbocycles. The molecule has 1 unspecified atom stereocenters. The number of imidazole rings is 1. The van der Waals surface area contributed by atoms with Crippen molar-refractivity contribution in [1.29, 1.82) is 5.26 Å². The number of nitriles is 1. The van der Waals surface area contributed by atoms with Crippen LogP contribution in [-0.2, 0) is 11.8 Å². The standard InChI is InChI=1S/C27H19F2N5O4/c1-33-21-13-32-19-11-22(37-2)23(38-25(26(31)35)15-4-6-16(28)7-5-15)10-17(19)24(21)34(27(33)36)20-8-3-14(12-30)9-18(20)29/h3-11,13,25H,1-2H3,(H2,31,35). The molecular weight excluding hydrogens is 496 g/mol. The fourth-order valence-electron chi connectivity index (χ4n) is 4.29. The van der Waals surface area contributed by atoms with Gasteiger partial charge in [-0.25, -0.2) is 13.6 Å². The Balaban J connectivity index is 1.77. The van der Waals surface area contributed by atoms with Crippen LogP contribution in [0.3, 0.4) is 0 Å². The number of fused-ring (bicyclic) bond motifs is 3. The second-order valence-electron chi connectivity index (χ2n) is 8.42. The number of methoxy groups -OCH3 is 1. The maximum atomic E-state index is 15.1. The number of rotatable bonds is 6. The van der Waals surface area contributed by atoms with E-state index in [9.17, 15) is 14.0 Å². The maximum absolute atomic E-state index is 15.1. The van der Waals surface area contributed by atoms with Gasteiger partial charge in [-0.1, -0.05) is 12.1 Å². The first-order chi connectivity index (χ1) is 18.2. The van der Waals surface area contributed by atoms with Crippen molar-refractivity contribution in [3.05, 3.63) is 94.0 Å². The number of ether oxygens (including phenoxy) is 2. The van der Waals surface area contributed by atoms with Crippen molar-refractivity contribution in [2.45, 2.75) is 6.10 Å². The summed E-state index contributed by atoms with van der Waals surface area (Å²) in [6.45, 7) is 0. The third-order valence-corrected chi connectivity index (χ3v) is 6.16. The first kappa shape index (κ1) is 24.5. The zero-order chi connectivity index (χ0) is 27.1. The van der Waals surface area contributed by atoms with E-state index >= 15 is 4.39 Å². The van der Waals surface area contributed by atoms with Gasteiger partial charge in [-0.05, 0) is 36.4 Å². The minimum absolute atomic E-state index is 0.0632. The molecule has 5 rings (SSSR count). The number of halogens is 2. The third kappa shape index (κ3) is 3.98. The summed E-state index contributed by atoms with van der Waals surface area (Å²) < 4.78 is 42.4. The smallest absolute Gasteiger partial charge is 0.333 e. The minimum atomic E-state index is -1.29. The highest BCUT2D eigenvalue weighted by atomic mass is 19.1. The molecule has 0 aliphatic rings. The number of hydrogen-bond acceptors (Lipinski definition) is 6. The number of nitrogens with two attached hydrogens (primary N) is 1. The maximum Gasteiger partial charge on any atom is 0.333 e. The van der Waals surface area contributed by atoms with E-state index in [1.54, 1.807) is 6.07 Å². The van der Waals surface area contributed by atoms with Crippen LogP contribution < -0.4 is 20.9 Å². The highest BCUT2D eigenvalue weighted by Gasteiger charge is 2.24. The summed E-state index contributed by atoms with van der Waals surface area (Å²) in [6, 6.07) is 13.8. The number of primary amides is 1. The highest BCUT2D eigenvalue weighted by molar-refractivity contribution is 6.04. The highest BCUT2D eigenvalue weighted by Crippen LogP contribution is 2.37. The van der Waals surface area contributed by atoms with Gasteiger partial charge < -0.3 is 15.2 Å². The number of pyridine rings is 1. The van der Waals surface area contributed by atoms with Gasteiger partial charge in [0, 0.05) is 24.1 Å². The van der Waals surface area contributed by atoms with Gasteiger partial charge in [0.05, 0.1) is 47.2 Å². The molecule has 0 spiro atoms. The zero-order valence-corrected chi connectivity index (χ0v) is 20.1. The van der Waals surface area contributed by atoms with E-state index in [1.807, 2.05) is 6.07 Å². The van der Waals surface area contributed by atoms with Crippen LogP contribution in [0.4, 0.5) is 8.78 Å². The van der Waals surface area contributed by atoms with Crippen LogP contribution in [0, 0.1) is 23.0 Å². The fourth-order valence-corrected chi connectivity index (χ4v) is 4.29. The van der Waals surface area contributed by atoms with Crippen LogP contribution >= 0.6 is 0 Å². The Hall–Kier alpha value is -5.24. The fraction of sp³-hybridized carbons (Fsp3) is 0.111. The molecule has 2 heterocycles. The molecule has 190 valence electrons. The minimum Gasteiger partial charge on any atom is -0.493 e. The lowest BCUT2D eigenvalue weighted by Crippen LogP contribution is -2.26. The third-order valence-electron chi connectivity index (χ3n) is 6.16. The molecule has 0 fully saturated rings. The van der Waals surface area contributed by atoms with Gasteiger partial charge >= 0.3 is 5.69 Å². The average molecular weight is 515 g/mol. The largest absolute Gasteiger partial charge is 0.493 e. The van der Waals surface area contributed by atoms with Crippen LogP contribution in [0.2, 0.25) is 0 Å². The van der Waals surface area contributed by atoms with Crippen LogP contribution in [-0.4, -0.2) is 27.1 Å². The van der Waals surface area contributed by atoms with E-state index in [-0.39, 0.29) is 22.7 Å². The van der Waals surface area contributed by atoms with Crippen LogP contribution in [0.5, 0.6) is 11.5 Å². The lowest BCUT2D eigenvalue weighted by Gasteiger charge is -2.19. The predicted octanol–water partition coefficient (Wildman–Crippen LogP) is 3.64. The van der Waals surface area contributed by atoms with E-state index in [4.69, 9.17) is 20.5 Å². The number of benzene rings is 3. The number of nitrogens with zero attached hydrogens (tertiary/aromatic N) is 4. The molecular formula is C27H19F2N5O4. The lowest BCUT2D eigenvalue weighted by atomic mass is 10.1. The normalized spacial score (nSPS) is 11.9. The summed E-state index contributed by atoms with van der Waals surface area (Å²) in [5.41, 5.74) is 6.50. The number of amides is 1. The van der Waals surface area contributed by atoms with E-state index in [1.165, 1.54) is 72.0 Å². The molecule has 3 aromatic carbocycles. The molecule has 2 aromatic heterocycles. The summed E-state index contributed by atoms with van der Waals surface area (Å²) in [5, 5.41) is 9.50. The van der Waals surface area contributed by atoms with E-state index in [0.29, 0.717) is 27.5 Å². The van der Waals surface area contributed by atoms with Gasteiger partial charge in [-0.15, -0.1) is 0 Å². The summed E-state index contributed by atoms with van der Waals surface area (Å²) >= 11 is 0. The summed E-state index contributed by atoms with van der Waals surface area (Å²) in [7, 11) is 2.92. The monoisotopic (exact) mass is 515 g/mol. The number of hydrogen-bond donors (Lipinski definition) is 1. The summed E-state index contributed by atoms with van der Waals surface area (Å²) in [4.78, 5) is 29.9. The summed E-state index contributed by atoms with van der Waals surface area (Å²) in [5.74, 6) is -1.78. The lowest BCUT2D eigenvalue weighted by molar-refractivity contribution is -0.125. The Kier molecular flexibility index (Phi) is 6.00. The van der Waals surface area contributed by atoms with Crippen molar-refractivity contribution >= 4 is 27.8 Å². The van der Waals surface area contributed by atoms with Crippen molar-refractivity contribution < 1.29 is 23.0 Å². The molecule has 0 aliphatic carbocycles. The van der Waals surface area contributed by atoms with Crippen molar-refractivity contribution in [3.63, 3.8) is 0 Å². The Morgan fingerprint density at radius 3 is 2.47 bits per heavy atom. The van der Waals surface area contributed by atoms with Gasteiger partial charge in [-0.3, -0.25) is 18.9 Å². The van der Waals surface area contributed by atoms with Crippen molar-refractivity contribution in [2.24, 2.45) is 12.8 Å². The molecule has 9 nitrogen and oxygen atoms in total. The Bertz CT molecular complexity index is 1840. The van der Waals surface area contributed by atoms with Gasteiger partial charge in [0.2, 0.25) is 6.10 Å². The van der Waals surface area contributed by atoms with Crippen molar-refractivity contribution in [1.82, 2.24) is 14.1 Å². The van der Waals surface area contributed by atoms with E-state index < -0.39 is 29.3 Å². The molecule has 0 saturated heterocycles. The SMILES string of the molecule is COc1cc2ncc3c(c2cc1OC(C(N)=O)c1ccc(F)cc1)n(-c1ccc(C#N)cc1F)c(=O)n3C. The molecule has 0 radical (unpaired) electrons. The molecule has 0 aliphatic heterocycles. The van der Waals surface area contributed by atoms with Gasteiger partial charge in [0.15, 0.2) is 11.5 Å². The number of carbonyl (C=O) groups is 1. The Morgan fingerprint density at radius 1 is 1.11 bits per heavy atom. The molecule has 11 heteroatoms. The molecule has 2 N–H and O–H groups in total. The number of aromatic nitrogens is 3. The first-order valence-corrected chi connectivity index (χ1v) is 11.2. The van der Waals surface area contributed by atoms with Gasteiger partial charge in [-0.2, -0.15) is 5.26 Å². The second-order valence-corrected chi connectivity index (χ2v) is 8.42. The quantitative estimate of drug-likeness (QED) is 0.368. The molecule has 1 atom stereocenters. The molecule has 0 bridgehead atoms. The average Bonchev–Trinajstić information content (AvgIpc) is 3.17. The van der Waals surface area contributed by atoms with Gasteiger partial charge in [0.25, 0.3) is 5.91 Å². The first-order valence-electron chi connectivity index (χ1n) is 11.2. The molecule has 38 heavy (non-hydrogen) atoms. The van der Waals surface area contributed by atoms with Crippen LogP contribution in [0.25, 0.3) is 27.6 Å². The van der Waals surface area contributed by atoms with Crippen molar-refractivity contribution in [2.75, 3.05) is 7.11 Å². The number of carbonyl (C=O) groups excluding carboxylic acids is 1. The second kappa shape index (κ2) is 9.33. The predicted molar refractivity (Wildman–Crippen MR) is 134 cm³/mol. The van der Waals surface area contributed by atoms with E-state index in [0.717, 1.165) is 6.07 Å². The Morgan fingerprint density at radius 2 is 1.84 bits per heavy atom. The summed E-state index contributed by atoms with van der Waals surface area (Å²) in [6.07, 6.45) is 0.185. The van der Waals surface area contributed by atoms with Crippen molar-refractivity contribution in [3.8, 4) is 23.3 Å². The number of aryl methyl sites for hydroxylation is 1. The molecule has 5 aromatic rings. The zero-order valence-electron chi connectivity index (χ0n) is 20.1. The Labute approximate surface area is 213 Å². The van der Waals surface area contributed by atoms with E-state index in [2.05, 4.69) is 4.98 Å². The molecule has 1 amide bonds. The van der Waals surface area contributed by atoms with Crippen LogP contribution in [0.15, 0.2) is 65.6 Å².